The van der Waals surface area contributed by atoms with Gasteiger partial charge in [0.1, 0.15) is 5.69 Å². The number of fused-ring (bicyclic) bond motifs is 3. The summed E-state index contributed by atoms with van der Waals surface area (Å²) < 4.78 is 4.88. The Balaban J connectivity index is 1.74. The first-order valence-corrected chi connectivity index (χ1v) is 13.8. The molecule has 0 amide bonds. The molecule has 4 heteroatoms. The lowest BCUT2D eigenvalue weighted by molar-refractivity contribution is 0.0980. The van der Waals surface area contributed by atoms with Gasteiger partial charge in [-0.25, -0.2) is 0 Å². The van der Waals surface area contributed by atoms with E-state index >= 15 is 0 Å². The number of Topliss-reactive ketones (excluding diaryl/α,β-unsaturated/α-hetero) is 1. The fourth-order valence-corrected chi connectivity index (χ4v) is 6.66. The van der Waals surface area contributed by atoms with Crippen molar-refractivity contribution in [3.05, 3.63) is 101 Å². The van der Waals surface area contributed by atoms with Crippen LogP contribution in [0, 0.1) is 6.92 Å². The lowest BCUT2D eigenvalue weighted by Gasteiger charge is -2.31. The van der Waals surface area contributed by atoms with Crippen molar-refractivity contribution in [1.29, 1.82) is 0 Å². The predicted molar refractivity (Wildman–Crippen MR) is 151 cm³/mol. The van der Waals surface area contributed by atoms with E-state index in [1.807, 2.05) is 6.07 Å². The quantitative estimate of drug-likeness (QED) is 0.223. The number of hydrogen-bond donors (Lipinski definition) is 0. The maximum Gasteiger partial charge on any atom is 0.183 e. The fourth-order valence-electron chi connectivity index (χ4n) is 6.66. The van der Waals surface area contributed by atoms with E-state index in [1.54, 1.807) is 6.20 Å². The molecule has 0 radical (unpaired) electrons. The molecule has 6 rings (SSSR count). The van der Waals surface area contributed by atoms with E-state index in [0.717, 1.165) is 44.3 Å². The van der Waals surface area contributed by atoms with Gasteiger partial charge >= 0.3 is 0 Å². The summed E-state index contributed by atoms with van der Waals surface area (Å²) in [6, 6.07) is 21.6. The van der Waals surface area contributed by atoms with Crippen molar-refractivity contribution >= 4 is 27.6 Å². The number of ketones is 1. The number of nitrogens with zero attached hydrogens (tertiary/aromatic N) is 3. The molecule has 0 N–H and O–H groups in total. The molecule has 1 atom stereocenters. The second-order valence-corrected chi connectivity index (χ2v) is 10.5. The number of pyridine rings is 1. The minimum Gasteiger partial charge on any atom is -0.347 e. The molecule has 0 saturated carbocycles. The molecule has 4 nitrogen and oxygen atoms in total. The van der Waals surface area contributed by atoms with E-state index in [4.69, 9.17) is 0 Å². The van der Waals surface area contributed by atoms with Crippen molar-refractivity contribution in [1.82, 2.24) is 14.1 Å². The van der Waals surface area contributed by atoms with Crippen LogP contribution in [0.5, 0.6) is 0 Å². The number of para-hydroxylation sites is 2. The summed E-state index contributed by atoms with van der Waals surface area (Å²) in [4.78, 5) is 18.3. The zero-order chi connectivity index (χ0) is 25.6. The third-order valence-electron chi connectivity index (χ3n) is 8.35. The van der Waals surface area contributed by atoms with Crippen LogP contribution >= 0.6 is 0 Å². The number of benzene rings is 2. The van der Waals surface area contributed by atoms with Crippen LogP contribution in [0.2, 0.25) is 0 Å². The zero-order valence-electron chi connectivity index (χ0n) is 22.1. The molecule has 0 fully saturated rings. The summed E-state index contributed by atoms with van der Waals surface area (Å²) in [5, 5.41) is 2.47. The number of aryl methyl sites for hydroxylation is 2. The molecule has 0 aliphatic heterocycles. The lowest BCUT2D eigenvalue weighted by atomic mass is 9.69. The molecular formula is C33H35N3O. The summed E-state index contributed by atoms with van der Waals surface area (Å²) >= 11 is 0. The normalized spacial score (nSPS) is 17.2. The molecule has 37 heavy (non-hydrogen) atoms. The first-order valence-electron chi connectivity index (χ1n) is 13.8. The third-order valence-corrected chi connectivity index (χ3v) is 8.35. The van der Waals surface area contributed by atoms with Crippen LogP contribution in [0.15, 0.2) is 73.1 Å². The monoisotopic (exact) mass is 489 g/mol. The molecule has 1 aliphatic carbocycles. The lowest BCUT2D eigenvalue weighted by Crippen LogP contribution is -2.28. The second kappa shape index (κ2) is 9.33. The maximum absolute atomic E-state index is 13.7. The Morgan fingerprint density at radius 1 is 0.838 bits per heavy atom. The van der Waals surface area contributed by atoms with Gasteiger partial charge in [-0.05, 0) is 54.7 Å². The first kappa shape index (κ1) is 23.7. The Hall–Kier alpha value is -3.66. The zero-order valence-corrected chi connectivity index (χ0v) is 22.1. The number of unbranched alkanes of at least 4 members (excludes halogenated alkanes) is 2. The van der Waals surface area contributed by atoms with Crippen LogP contribution in [0.3, 0.4) is 0 Å². The van der Waals surface area contributed by atoms with E-state index in [0.29, 0.717) is 12.1 Å². The van der Waals surface area contributed by atoms with Gasteiger partial charge in [0.25, 0.3) is 0 Å². The van der Waals surface area contributed by atoms with E-state index in [9.17, 15) is 4.79 Å². The molecule has 3 aromatic heterocycles. The average molecular weight is 490 g/mol. The largest absolute Gasteiger partial charge is 0.347 e. The second-order valence-electron chi connectivity index (χ2n) is 10.5. The standard InChI is InChI=1S/C33H35N3O/c1-4-6-19-35-22-27(24-13-8-10-16-28(24)35)33(21-30(37)32-26(33)15-12-18-34-32)31-23(3)36(20-7-5-2)29-17-11-9-14-25(29)31/h8-18,22H,4-7,19-21H2,1-3H3. The van der Waals surface area contributed by atoms with Crippen molar-refractivity contribution in [3.63, 3.8) is 0 Å². The number of carbonyl (C=O) groups is 1. The van der Waals surface area contributed by atoms with Gasteiger partial charge in [0.15, 0.2) is 5.78 Å². The summed E-state index contributed by atoms with van der Waals surface area (Å²) in [6.45, 7) is 8.68. The highest BCUT2D eigenvalue weighted by Crippen LogP contribution is 2.54. The van der Waals surface area contributed by atoms with Gasteiger partial charge < -0.3 is 9.13 Å². The SMILES string of the molecule is CCCCn1cc(C2(c3c(C)n(CCCC)c4ccccc34)CC(=O)c3ncccc32)c2ccccc21. The molecule has 0 bridgehead atoms. The van der Waals surface area contributed by atoms with Crippen molar-refractivity contribution in [2.75, 3.05) is 0 Å². The number of carbonyl (C=O) groups excluding carboxylic acids is 1. The van der Waals surface area contributed by atoms with Crippen LogP contribution in [0.4, 0.5) is 0 Å². The Labute approximate surface area is 219 Å². The molecule has 0 spiro atoms. The summed E-state index contributed by atoms with van der Waals surface area (Å²) in [5.41, 5.74) is 7.31. The van der Waals surface area contributed by atoms with Gasteiger partial charge in [0.05, 0.1) is 5.41 Å². The van der Waals surface area contributed by atoms with Gasteiger partial charge in [-0.3, -0.25) is 9.78 Å². The Morgan fingerprint density at radius 3 is 2.32 bits per heavy atom. The molecule has 5 aromatic rings. The molecular weight excluding hydrogens is 454 g/mol. The topological polar surface area (TPSA) is 39.8 Å². The van der Waals surface area contributed by atoms with Gasteiger partial charge in [-0.2, -0.15) is 0 Å². The molecule has 0 saturated heterocycles. The highest BCUT2D eigenvalue weighted by Gasteiger charge is 2.50. The van der Waals surface area contributed by atoms with E-state index in [-0.39, 0.29) is 5.78 Å². The molecule has 1 aliphatic rings. The van der Waals surface area contributed by atoms with Crippen molar-refractivity contribution < 1.29 is 4.79 Å². The van der Waals surface area contributed by atoms with Gasteiger partial charge in [-0.1, -0.05) is 69.2 Å². The molecule has 2 aromatic carbocycles. The fraction of sp³-hybridized carbons (Fsp3) is 0.333. The van der Waals surface area contributed by atoms with E-state index in [2.05, 4.69) is 95.7 Å². The summed E-state index contributed by atoms with van der Waals surface area (Å²) in [7, 11) is 0. The van der Waals surface area contributed by atoms with Crippen LogP contribution < -0.4 is 0 Å². The van der Waals surface area contributed by atoms with Crippen molar-refractivity contribution in [2.24, 2.45) is 0 Å². The van der Waals surface area contributed by atoms with E-state index < -0.39 is 5.41 Å². The average Bonchev–Trinajstić information content (AvgIpc) is 3.54. The number of hydrogen-bond acceptors (Lipinski definition) is 2. The number of rotatable bonds is 8. The van der Waals surface area contributed by atoms with Crippen LogP contribution in [0.25, 0.3) is 21.8 Å². The minimum atomic E-state index is -0.584. The smallest absolute Gasteiger partial charge is 0.183 e. The Morgan fingerprint density at radius 2 is 1.54 bits per heavy atom. The molecule has 1 unspecified atom stereocenters. The van der Waals surface area contributed by atoms with E-state index in [1.165, 1.54) is 38.6 Å². The summed E-state index contributed by atoms with van der Waals surface area (Å²) in [6.07, 6.45) is 9.04. The highest BCUT2D eigenvalue weighted by atomic mass is 16.1. The van der Waals surface area contributed by atoms with Crippen molar-refractivity contribution in [3.8, 4) is 0 Å². The van der Waals surface area contributed by atoms with Crippen LogP contribution in [-0.2, 0) is 18.5 Å². The van der Waals surface area contributed by atoms with Crippen molar-refractivity contribution in [2.45, 2.75) is 71.4 Å². The number of aromatic nitrogens is 3. The summed E-state index contributed by atoms with van der Waals surface area (Å²) in [5.74, 6) is 0.130. The van der Waals surface area contributed by atoms with Crippen LogP contribution in [0.1, 0.15) is 78.8 Å². The minimum absolute atomic E-state index is 0.130. The van der Waals surface area contributed by atoms with Gasteiger partial charge in [-0.15, -0.1) is 0 Å². The Kier molecular flexibility index (Phi) is 5.98. The van der Waals surface area contributed by atoms with Gasteiger partial charge in [0, 0.05) is 59.4 Å². The maximum atomic E-state index is 13.7. The predicted octanol–water partition coefficient (Wildman–Crippen LogP) is 7.82. The Bertz CT molecular complexity index is 1620. The van der Waals surface area contributed by atoms with Crippen LogP contribution in [-0.4, -0.2) is 19.9 Å². The molecule has 188 valence electrons. The highest BCUT2D eigenvalue weighted by molar-refractivity contribution is 6.05. The first-order chi connectivity index (χ1) is 18.1. The van der Waals surface area contributed by atoms with Gasteiger partial charge in [0.2, 0.25) is 0 Å². The molecule has 3 heterocycles. The third kappa shape index (κ3) is 3.49.